The molecule has 0 aliphatic carbocycles. The number of aryl methyl sites for hydroxylation is 1. The first-order chi connectivity index (χ1) is 10.4. The Hall–Kier alpha value is -2.30. The van der Waals surface area contributed by atoms with Gasteiger partial charge >= 0.3 is 6.18 Å². The van der Waals surface area contributed by atoms with E-state index < -0.39 is 17.6 Å². The Labute approximate surface area is 127 Å². The average Bonchev–Trinajstić information content (AvgIpc) is 2.49. The zero-order chi connectivity index (χ0) is 16.3. The number of nitrogens with zero attached hydrogens (tertiary/aromatic N) is 1. The zero-order valence-electron chi connectivity index (χ0n) is 12.3. The van der Waals surface area contributed by atoms with E-state index in [9.17, 15) is 18.0 Å². The molecule has 0 fully saturated rings. The number of carbonyl (C=O) groups excluding carboxylic acids is 1. The maximum Gasteiger partial charge on any atom is 0.417 e. The highest BCUT2D eigenvalue weighted by atomic mass is 19.4. The Morgan fingerprint density at radius 3 is 2.23 bits per heavy atom. The molecular weight excluding hydrogens is 291 g/mol. The molecule has 2 nitrogen and oxygen atoms in total. The van der Waals surface area contributed by atoms with Gasteiger partial charge in [0.2, 0.25) is 0 Å². The van der Waals surface area contributed by atoms with Gasteiger partial charge in [0.15, 0.2) is 0 Å². The topological polar surface area (TPSA) is 20.3 Å². The molecule has 0 aliphatic heterocycles. The van der Waals surface area contributed by atoms with Crippen molar-refractivity contribution in [3.63, 3.8) is 0 Å². The van der Waals surface area contributed by atoms with E-state index in [0.717, 1.165) is 11.6 Å². The van der Waals surface area contributed by atoms with Crippen LogP contribution in [0, 0.1) is 6.92 Å². The monoisotopic (exact) mass is 307 g/mol. The second-order valence-corrected chi connectivity index (χ2v) is 4.88. The molecule has 22 heavy (non-hydrogen) atoms. The lowest BCUT2D eigenvalue weighted by Crippen LogP contribution is -2.32. The van der Waals surface area contributed by atoms with Crippen molar-refractivity contribution < 1.29 is 18.0 Å². The van der Waals surface area contributed by atoms with E-state index in [1.165, 1.54) is 23.1 Å². The van der Waals surface area contributed by atoms with Crippen LogP contribution in [-0.2, 0) is 6.18 Å². The summed E-state index contributed by atoms with van der Waals surface area (Å²) in [6.45, 7) is 3.84. The van der Waals surface area contributed by atoms with Crippen LogP contribution >= 0.6 is 0 Å². The summed E-state index contributed by atoms with van der Waals surface area (Å²) in [5.41, 5.74) is 0.210. The first-order valence-corrected chi connectivity index (χ1v) is 6.90. The minimum atomic E-state index is -4.56. The third-order valence-electron chi connectivity index (χ3n) is 3.43. The average molecular weight is 307 g/mol. The van der Waals surface area contributed by atoms with Crippen LogP contribution in [-0.4, -0.2) is 12.5 Å². The Kier molecular flexibility index (Phi) is 4.54. The van der Waals surface area contributed by atoms with Crippen molar-refractivity contribution in [3.8, 4) is 0 Å². The lowest BCUT2D eigenvalue weighted by atomic mass is 10.0. The summed E-state index contributed by atoms with van der Waals surface area (Å²) in [5, 5.41) is 0. The minimum absolute atomic E-state index is 0.288. The fourth-order valence-corrected chi connectivity index (χ4v) is 2.35. The SMILES string of the molecule is CCN(C(=O)c1ccccc1C(F)(F)F)c1ccccc1C. The smallest absolute Gasteiger partial charge is 0.308 e. The van der Waals surface area contributed by atoms with Crippen LogP contribution in [0.5, 0.6) is 0 Å². The highest BCUT2D eigenvalue weighted by Crippen LogP contribution is 2.33. The molecule has 0 heterocycles. The second kappa shape index (κ2) is 6.22. The largest absolute Gasteiger partial charge is 0.417 e. The first kappa shape index (κ1) is 16.1. The van der Waals surface area contributed by atoms with E-state index in [4.69, 9.17) is 0 Å². The molecule has 2 rings (SSSR count). The van der Waals surface area contributed by atoms with Gasteiger partial charge in [-0.1, -0.05) is 30.3 Å². The number of amides is 1. The van der Waals surface area contributed by atoms with Gasteiger partial charge in [-0.3, -0.25) is 4.79 Å². The number of halogens is 3. The standard InChI is InChI=1S/C17H16F3NO/c1-3-21(15-11-7-4-8-12(15)2)16(22)13-9-5-6-10-14(13)17(18,19)20/h4-11H,3H2,1-2H3. The van der Waals surface area contributed by atoms with E-state index in [1.807, 2.05) is 19.1 Å². The Balaban J connectivity index is 2.49. The number of carbonyl (C=O) groups is 1. The van der Waals surface area contributed by atoms with Gasteiger partial charge in [-0.2, -0.15) is 13.2 Å². The molecule has 0 atom stereocenters. The van der Waals surface area contributed by atoms with Crippen molar-refractivity contribution in [1.29, 1.82) is 0 Å². The van der Waals surface area contributed by atoms with E-state index in [1.54, 1.807) is 19.1 Å². The van der Waals surface area contributed by atoms with Crippen molar-refractivity contribution in [1.82, 2.24) is 0 Å². The third-order valence-corrected chi connectivity index (χ3v) is 3.43. The van der Waals surface area contributed by atoms with Gasteiger partial charge in [0.05, 0.1) is 11.1 Å². The number of para-hydroxylation sites is 1. The highest BCUT2D eigenvalue weighted by molar-refractivity contribution is 6.07. The first-order valence-electron chi connectivity index (χ1n) is 6.90. The molecule has 5 heteroatoms. The number of hydrogen-bond acceptors (Lipinski definition) is 1. The molecule has 0 radical (unpaired) electrons. The van der Waals surface area contributed by atoms with Gasteiger partial charge < -0.3 is 4.90 Å². The van der Waals surface area contributed by atoms with Crippen molar-refractivity contribution >= 4 is 11.6 Å². The van der Waals surface area contributed by atoms with Gasteiger partial charge in [0.25, 0.3) is 5.91 Å². The lowest BCUT2D eigenvalue weighted by molar-refractivity contribution is -0.137. The van der Waals surface area contributed by atoms with E-state index in [2.05, 4.69) is 0 Å². The summed E-state index contributed by atoms with van der Waals surface area (Å²) in [5.74, 6) is -0.648. The van der Waals surface area contributed by atoms with Crippen molar-refractivity contribution in [2.75, 3.05) is 11.4 Å². The Morgan fingerprint density at radius 1 is 1.05 bits per heavy atom. The number of anilines is 1. The van der Waals surface area contributed by atoms with Crippen molar-refractivity contribution in [3.05, 3.63) is 65.2 Å². The van der Waals surface area contributed by atoms with Crippen LogP contribution in [0.15, 0.2) is 48.5 Å². The number of alkyl halides is 3. The molecule has 0 bridgehead atoms. The molecule has 0 unspecified atom stereocenters. The molecule has 0 saturated carbocycles. The summed E-state index contributed by atoms with van der Waals surface area (Å²) in [4.78, 5) is 14.0. The molecule has 0 N–H and O–H groups in total. The van der Waals surface area contributed by atoms with Crippen LogP contribution in [0.25, 0.3) is 0 Å². The summed E-state index contributed by atoms with van der Waals surface area (Å²) in [7, 11) is 0. The van der Waals surface area contributed by atoms with E-state index in [-0.39, 0.29) is 12.1 Å². The summed E-state index contributed by atoms with van der Waals surface area (Å²) in [6.07, 6.45) is -4.56. The summed E-state index contributed by atoms with van der Waals surface area (Å²) < 4.78 is 39.3. The fraction of sp³-hybridized carbons (Fsp3) is 0.235. The second-order valence-electron chi connectivity index (χ2n) is 4.88. The van der Waals surface area contributed by atoms with Crippen LogP contribution in [0.2, 0.25) is 0 Å². The number of rotatable bonds is 3. The van der Waals surface area contributed by atoms with Crippen LogP contribution in [0.1, 0.15) is 28.4 Å². The fourth-order valence-electron chi connectivity index (χ4n) is 2.35. The molecule has 1 amide bonds. The van der Waals surface area contributed by atoms with Gasteiger partial charge in [-0.25, -0.2) is 0 Å². The molecule has 116 valence electrons. The summed E-state index contributed by atoms with van der Waals surface area (Å²) in [6, 6.07) is 12.0. The lowest BCUT2D eigenvalue weighted by Gasteiger charge is -2.24. The predicted molar refractivity (Wildman–Crippen MR) is 80.0 cm³/mol. The Bertz CT molecular complexity index is 680. The van der Waals surface area contributed by atoms with Crippen LogP contribution < -0.4 is 4.90 Å². The molecule has 2 aromatic rings. The molecule has 0 aromatic heterocycles. The Morgan fingerprint density at radius 2 is 1.64 bits per heavy atom. The maximum atomic E-state index is 13.1. The zero-order valence-corrected chi connectivity index (χ0v) is 12.3. The number of benzene rings is 2. The summed E-state index contributed by atoms with van der Waals surface area (Å²) >= 11 is 0. The molecule has 0 aliphatic rings. The maximum absolute atomic E-state index is 13.1. The van der Waals surface area contributed by atoms with Gasteiger partial charge in [-0.05, 0) is 37.6 Å². The van der Waals surface area contributed by atoms with E-state index in [0.29, 0.717) is 5.69 Å². The number of hydrogen-bond donors (Lipinski definition) is 0. The minimum Gasteiger partial charge on any atom is -0.308 e. The highest BCUT2D eigenvalue weighted by Gasteiger charge is 2.36. The van der Waals surface area contributed by atoms with Gasteiger partial charge in [0.1, 0.15) is 0 Å². The van der Waals surface area contributed by atoms with Crippen molar-refractivity contribution in [2.45, 2.75) is 20.0 Å². The normalized spacial score (nSPS) is 11.3. The van der Waals surface area contributed by atoms with Gasteiger partial charge in [-0.15, -0.1) is 0 Å². The van der Waals surface area contributed by atoms with Gasteiger partial charge in [0, 0.05) is 12.2 Å². The molecule has 0 spiro atoms. The quantitative estimate of drug-likeness (QED) is 0.806. The van der Waals surface area contributed by atoms with E-state index >= 15 is 0 Å². The molecular formula is C17H16F3NO. The molecule has 0 saturated heterocycles. The van der Waals surface area contributed by atoms with Crippen LogP contribution in [0.4, 0.5) is 18.9 Å². The predicted octanol–water partition coefficient (Wildman–Crippen LogP) is 4.68. The molecule has 2 aromatic carbocycles. The van der Waals surface area contributed by atoms with Crippen LogP contribution in [0.3, 0.4) is 0 Å². The van der Waals surface area contributed by atoms with Crippen molar-refractivity contribution in [2.24, 2.45) is 0 Å². The third kappa shape index (κ3) is 3.13.